The van der Waals surface area contributed by atoms with Gasteiger partial charge in [0.15, 0.2) is 5.82 Å². The van der Waals surface area contributed by atoms with Crippen molar-refractivity contribution < 1.29 is 19.2 Å². The molecule has 1 fully saturated rings. The van der Waals surface area contributed by atoms with Gasteiger partial charge in [-0.25, -0.2) is 4.98 Å². The molecule has 2 aromatic carbocycles. The largest absolute Gasteiger partial charge is 0.497 e. The molecule has 0 spiro atoms. The van der Waals surface area contributed by atoms with Gasteiger partial charge in [-0.3, -0.25) is 19.7 Å². The molecule has 10 nitrogen and oxygen atoms in total. The van der Waals surface area contributed by atoms with E-state index >= 15 is 0 Å². The molecule has 0 N–H and O–H groups in total. The normalized spacial score (nSPS) is 13.6. The number of piperazine rings is 1. The van der Waals surface area contributed by atoms with Crippen LogP contribution in [0.25, 0.3) is 0 Å². The maximum Gasteiger partial charge on any atom is 0.293 e. The van der Waals surface area contributed by atoms with E-state index < -0.39 is 4.92 Å². The molecule has 0 aliphatic carbocycles. The second-order valence-corrected chi connectivity index (χ2v) is 7.66. The van der Waals surface area contributed by atoms with Crippen molar-refractivity contribution in [2.24, 2.45) is 7.05 Å². The van der Waals surface area contributed by atoms with E-state index in [1.54, 1.807) is 66.2 Å². The van der Waals surface area contributed by atoms with E-state index in [4.69, 9.17) is 4.74 Å². The number of benzene rings is 2. The van der Waals surface area contributed by atoms with E-state index in [2.05, 4.69) is 4.98 Å². The minimum Gasteiger partial charge on any atom is -0.497 e. The summed E-state index contributed by atoms with van der Waals surface area (Å²) >= 11 is 0. The number of ether oxygens (including phenoxy) is 1. The van der Waals surface area contributed by atoms with Crippen LogP contribution in [-0.2, 0) is 7.05 Å². The van der Waals surface area contributed by atoms with Crippen molar-refractivity contribution in [1.82, 2.24) is 14.5 Å². The standard InChI is InChI=1S/C23H23N5O5/c1-25-10-9-24-22(25)21(29)17-5-8-19(20(15-17)28(31)32)26-11-13-27(14-12-26)23(30)16-3-6-18(33-2)7-4-16/h3-10,15H,11-14H2,1-2H3. The number of imidazole rings is 1. The number of aromatic nitrogens is 2. The predicted molar refractivity (Wildman–Crippen MR) is 121 cm³/mol. The molecular formula is C23H23N5O5. The molecule has 33 heavy (non-hydrogen) atoms. The smallest absolute Gasteiger partial charge is 0.293 e. The van der Waals surface area contributed by atoms with E-state index in [1.807, 2.05) is 4.90 Å². The van der Waals surface area contributed by atoms with Crippen LogP contribution in [0.15, 0.2) is 54.9 Å². The van der Waals surface area contributed by atoms with E-state index in [0.29, 0.717) is 43.2 Å². The van der Waals surface area contributed by atoms with Gasteiger partial charge in [0.1, 0.15) is 11.4 Å². The van der Waals surface area contributed by atoms with Crippen LogP contribution >= 0.6 is 0 Å². The summed E-state index contributed by atoms with van der Waals surface area (Å²) in [6.45, 7) is 1.73. The number of hydrogen-bond acceptors (Lipinski definition) is 7. The molecule has 0 bridgehead atoms. The first-order chi connectivity index (χ1) is 15.9. The van der Waals surface area contributed by atoms with Crippen LogP contribution < -0.4 is 9.64 Å². The number of nitrogens with zero attached hydrogens (tertiary/aromatic N) is 5. The number of carbonyl (C=O) groups is 2. The molecule has 4 rings (SSSR count). The SMILES string of the molecule is COc1ccc(C(=O)N2CCN(c3ccc(C(=O)c4nccn4C)cc3[N+](=O)[O-])CC2)cc1. The number of nitro groups is 1. The van der Waals surface area contributed by atoms with Gasteiger partial charge >= 0.3 is 0 Å². The van der Waals surface area contributed by atoms with Crippen molar-refractivity contribution in [3.05, 3.63) is 81.9 Å². The molecule has 1 aliphatic rings. The Balaban J connectivity index is 1.49. The zero-order valence-electron chi connectivity index (χ0n) is 18.3. The lowest BCUT2D eigenvalue weighted by Crippen LogP contribution is -2.49. The van der Waals surface area contributed by atoms with Crippen LogP contribution in [0.5, 0.6) is 5.75 Å². The molecule has 0 radical (unpaired) electrons. The van der Waals surface area contributed by atoms with Gasteiger partial charge in [0.05, 0.1) is 12.0 Å². The van der Waals surface area contributed by atoms with E-state index in [9.17, 15) is 19.7 Å². The number of aryl methyl sites for hydroxylation is 1. The summed E-state index contributed by atoms with van der Waals surface area (Å²) in [6, 6.07) is 11.4. The minimum atomic E-state index is -0.487. The van der Waals surface area contributed by atoms with E-state index in [1.165, 1.54) is 12.3 Å². The molecule has 170 valence electrons. The Bertz CT molecular complexity index is 1200. The molecule has 10 heteroatoms. The summed E-state index contributed by atoms with van der Waals surface area (Å²) in [6.07, 6.45) is 3.14. The van der Waals surface area contributed by atoms with Crippen molar-refractivity contribution in [3.8, 4) is 5.75 Å². The molecule has 0 atom stereocenters. The first kappa shape index (κ1) is 22.0. The topological polar surface area (TPSA) is 111 Å². The Hall–Kier alpha value is -4.21. The predicted octanol–water partition coefficient (Wildman–Crippen LogP) is 2.53. The minimum absolute atomic E-state index is 0.0946. The third-order valence-corrected chi connectivity index (χ3v) is 5.70. The summed E-state index contributed by atoms with van der Waals surface area (Å²) in [4.78, 5) is 44.4. The van der Waals surface area contributed by atoms with Crippen LogP contribution in [0.3, 0.4) is 0 Å². The Labute approximate surface area is 190 Å². The number of amides is 1. The number of nitro benzene ring substituents is 1. The van der Waals surface area contributed by atoms with Gasteiger partial charge in [0.25, 0.3) is 11.6 Å². The first-order valence-corrected chi connectivity index (χ1v) is 10.4. The van der Waals surface area contributed by atoms with Crippen LogP contribution in [0.4, 0.5) is 11.4 Å². The summed E-state index contributed by atoms with van der Waals surface area (Å²) < 4.78 is 6.70. The Kier molecular flexibility index (Phi) is 6.07. The van der Waals surface area contributed by atoms with Crippen LogP contribution in [-0.4, -0.2) is 64.4 Å². The van der Waals surface area contributed by atoms with Gasteiger partial charge in [-0.05, 0) is 36.4 Å². The van der Waals surface area contributed by atoms with Gasteiger partial charge < -0.3 is 19.1 Å². The number of anilines is 1. The molecule has 1 amide bonds. The summed E-state index contributed by atoms with van der Waals surface area (Å²) in [7, 11) is 3.26. The highest BCUT2D eigenvalue weighted by molar-refractivity contribution is 6.07. The molecule has 3 aromatic rings. The van der Waals surface area contributed by atoms with Crippen molar-refractivity contribution in [3.63, 3.8) is 0 Å². The molecule has 0 unspecified atom stereocenters. The lowest BCUT2D eigenvalue weighted by atomic mass is 10.1. The van der Waals surface area contributed by atoms with Gasteiger partial charge in [0, 0.05) is 62.8 Å². The van der Waals surface area contributed by atoms with Crippen LogP contribution in [0.2, 0.25) is 0 Å². The van der Waals surface area contributed by atoms with E-state index in [-0.39, 0.29) is 28.8 Å². The van der Waals surface area contributed by atoms with Gasteiger partial charge in [0.2, 0.25) is 5.78 Å². The highest BCUT2D eigenvalue weighted by atomic mass is 16.6. The van der Waals surface area contributed by atoms with Crippen molar-refractivity contribution in [1.29, 1.82) is 0 Å². The lowest BCUT2D eigenvalue weighted by molar-refractivity contribution is -0.384. The summed E-state index contributed by atoms with van der Waals surface area (Å²) in [5.41, 5.74) is 1.04. The highest BCUT2D eigenvalue weighted by Gasteiger charge is 2.28. The average molecular weight is 449 g/mol. The second kappa shape index (κ2) is 9.11. The maximum absolute atomic E-state index is 12.8. The van der Waals surface area contributed by atoms with Gasteiger partial charge in [-0.15, -0.1) is 0 Å². The number of hydrogen-bond donors (Lipinski definition) is 0. The number of methoxy groups -OCH3 is 1. The number of rotatable bonds is 6. The van der Waals surface area contributed by atoms with Gasteiger partial charge in [-0.2, -0.15) is 0 Å². The second-order valence-electron chi connectivity index (χ2n) is 7.66. The molecule has 1 saturated heterocycles. The highest BCUT2D eigenvalue weighted by Crippen LogP contribution is 2.31. The van der Waals surface area contributed by atoms with Crippen molar-refractivity contribution in [2.45, 2.75) is 0 Å². The monoisotopic (exact) mass is 449 g/mol. The average Bonchev–Trinajstić information content (AvgIpc) is 3.28. The quantitative estimate of drug-likeness (QED) is 0.323. The van der Waals surface area contributed by atoms with Crippen molar-refractivity contribution in [2.75, 3.05) is 38.2 Å². The van der Waals surface area contributed by atoms with E-state index in [0.717, 1.165) is 0 Å². The Morgan fingerprint density at radius 2 is 1.70 bits per heavy atom. The number of ketones is 1. The maximum atomic E-state index is 12.8. The Morgan fingerprint density at radius 1 is 1.03 bits per heavy atom. The lowest BCUT2D eigenvalue weighted by Gasteiger charge is -2.36. The van der Waals surface area contributed by atoms with Crippen molar-refractivity contribution >= 4 is 23.1 Å². The summed E-state index contributed by atoms with van der Waals surface area (Å²) in [5, 5.41) is 11.8. The van der Waals surface area contributed by atoms with Crippen LogP contribution in [0, 0.1) is 10.1 Å². The molecule has 0 saturated carbocycles. The molecule has 1 aliphatic heterocycles. The first-order valence-electron chi connectivity index (χ1n) is 10.4. The molecule has 2 heterocycles. The fourth-order valence-corrected chi connectivity index (χ4v) is 3.86. The fourth-order valence-electron chi connectivity index (χ4n) is 3.86. The Morgan fingerprint density at radius 3 is 2.27 bits per heavy atom. The van der Waals surface area contributed by atoms with Gasteiger partial charge in [-0.1, -0.05) is 0 Å². The molecular weight excluding hydrogens is 426 g/mol. The molecule has 1 aromatic heterocycles. The zero-order valence-corrected chi connectivity index (χ0v) is 18.3. The zero-order chi connectivity index (χ0) is 23.5. The third kappa shape index (κ3) is 4.40. The summed E-state index contributed by atoms with van der Waals surface area (Å²) in [5.74, 6) is 0.408. The third-order valence-electron chi connectivity index (χ3n) is 5.70. The van der Waals surface area contributed by atoms with Crippen LogP contribution in [0.1, 0.15) is 26.5 Å². The number of carbonyl (C=O) groups excluding carboxylic acids is 2. The fraction of sp³-hybridized carbons (Fsp3) is 0.261.